The fourth-order valence-electron chi connectivity index (χ4n) is 1.67. The topological polar surface area (TPSA) is 44.1 Å². The van der Waals surface area contributed by atoms with Gasteiger partial charge in [0.05, 0.1) is 12.2 Å². The molecule has 0 bridgehead atoms. The first-order valence-electron chi connectivity index (χ1n) is 5.98. The summed E-state index contributed by atoms with van der Waals surface area (Å²) in [5, 5.41) is 4.12. The molecular formula is C14H16N2O2. The Balaban J connectivity index is 2.29. The van der Waals surface area contributed by atoms with Gasteiger partial charge in [0, 0.05) is 13.2 Å². The molecule has 0 N–H and O–H groups in total. The number of aromatic nitrogens is 2. The molecule has 0 atom stereocenters. The Labute approximate surface area is 106 Å². The summed E-state index contributed by atoms with van der Waals surface area (Å²) in [6.07, 6.45) is 2.66. The first-order valence-corrected chi connectivity index (χ1v) is 5.98. The average molecular weight is 244 g/mol. The molecule has 1 aromatic carbocycles. The van der Waals surface area contributed by atoms with Crippen LogP contribution >= 0.6 is 0 Å². The lowest BCUT2D eigenvalue weighted by Gasteiger charge is -2.08. The van der Waals surface area contributed by atoms with Crippen molar-refractivity contribution in [3.05, 3.63) is 47.8 Å². The molecule has 1 aromatic heterocycles. The number of carbonyl (C=O) groups is 1. The molecule has 0 spiro atoms. The predicted molar refractivity (Wildman–Crippen MR) is 68.9 cm³/mol. The van der Waals surface area contributed by atoms with Crippen LogP contribution in [0, 0.1) is 0 Å². The van der Waals surface area contributed by atoms with Crippen molar-refractivity contribution in [2.24, 2.45) is 7.05 Å². The van der Waals surface area contributed by atoms with Gasteiger partial charge in [-0.3, -0.25) is 9.48 Å². The van der Waals surface area contributed by atoms with E-state index in [1.54, 1.807) is 30.1 Å². The van der Waals surface area contributed by atoms with Gasteiger partial charge in [-0.1, -0.05) is 19.1 Å². The number of para-hydroxylation sites is 1. The first kappa shape index (κ1) is 12.4. The largest absolute Gasteiger partial charge is 0.493 e. The minimum atomic E-state index is -0.109. The molecular weight excluding hydrogens is 228 g/mol. The van der Waals surface area contributed by atoms with Crippen LogP contribution in [-0.2, 0) is 7.05 Å². The molecule has 1 heterocycles. The Kier molecular flexibility index (Phi) is 3.77. The molecule has 0 radical (unpaired) electrons. The van der Waals surface area contributed by atoms with Crippen LogP contribution in [0.1, 0.15) is 29.4 Å². The molecule has 0 unspecified atom stereocenters. The van der Waals surface area contributed by atoms with E-state index < -0.39 is 0 Å². The summed E-state index contributed by atoms with van der Waals surface area (Å²) in [6, 6.07) is 8.97. The normalized spacial score (nSPS) is 10.3. The van der Waals surface area contributed by atoms with Crippen LogP contribution in [-0.4, -0.2) is 22.2 Å². The minimum Gasteiger partial charge on any atom is -0.493 e. The number of hydrogen-bond acceptors (Lipinski definition) is 3. The van der Waals surface area contributed by atoms with Crippen LogP contribution in [0.15, 0.2) is 36.5 Å². The smallest absolute Gasteiger partial charge is 0.216 e. The van der Waals surface area contributed by atoms with Crippen molar-refractivity contribution < 1.29 is 9.53 Å². The molecule has 4 heteroatoms. The van der Waals surface area contributed by atoms with E-state index in [1.165, 1.54) is 0 Å². The number of rotatable bonds is 5. The van der Waals surface area contributed by atoms with E-state index in [0.717, 1.165) is 6.42 Å². The van der Waals surface area contributed by atoms with Crippen molar-refractivity contribution in [2.45, 2.75) is 13.3 Å². The van der Waals surface area contributed by atoms with Gasteiger partial charge in [-0.15, -0.1) is 0 Å². The van der Waals surface area contributed by atoms with Crippen molar-refractivity contribution in [1.29, 1.82) is 0 Å². The number of ketones is 1. The molecule has 4 nitrogen and oxygen atoms in total. The number of hydrogen-bond donors (Lipinski definition) is 0. The molecule has 94 valence electrons. The van der Waals surface area contributed by atoms with Crippen molar-refractivity contribution in [3.63, 3.8) is 0 Å². The third-order valence-corrected chi connectivity index (χ3v) is 2.54. The number of nitrogens with zero attached hydrogens (tertiary/aromatic N) is 2. The summed E-state index contributed by atoms with van der Waals surface area (Å²) in [6.45, 7) is 2.63. The molecule has 0 amide bonds. The summed E-state index contributed by atoms with van der Waals surface area (Å²) in [5.41, 5.74) is 0.995. The highest BCUT2D eigenvalue weighted by Gasteiger charge is 2.16. The standard InChI is InChI=1S/C14H16N2O2/c1-3-10-18-13-7-5-4-6-11(13)14(17)12-8-9-16(2)15-12/h4-9H,3,10H2,1-2H3. The highest BCUT2D eigenvalue weighted by atomic mass is 16.5. The van der Waals surface area contributed by atoms with Gasteiger partial charge in [0.1, 0.15) is 11.4 Å². The predicted octanol–water partition coefficient (Wildman–Crippen LogP) is 2.44. The van der Waals surface area contributed by atoms with Crippen LogP contribution in [0.4, 0.5) is 0 Å². The van der Waals surface area contributed by atoms with Gasteiger partial charge in [0.2, 0.25) is 5.78 Å². The second-order valence-corrected chi connectivity index (χ2v) is 4.05. The van der Waals surface area contributed by atoms with Gasteiger partial charge in [-0.05, 0) is 24.6 Å². The van der Waals surface area contributed by atoms with Crippen LogP contribution < -0.4 is 4.74 Å². The Hall–Kier alpha value is -2.10. The summed E-state index contributed by atoms with van der Waals surface area (Å²) >= 11 is 0. The van der Waals surface area contributed by atoms with Crippen molar-refractivity contribution >= 4 is 5.78 Å². The van der Waals surface area contributed by atoms with Gasteiger partial charge in [-0.25, -0.2) is 0 Å². The van der Waals surface area contributed by atoms with Crippen molar-refractivity contribution in [2.75, 3.05) is 6.61 Å². The second-order valence-electron chi connectivity index (χ2n) is 4.05. The van der Waals surface area contributed by atoms with Crippen molar-refractivity contribution in [3.8, 4) is 5.75 Å². The van der Waals surface area contributed by atoms with E-state index in [0.29, 0.717) is 23.6 Å². The summed E-state index contributed by atoms with van der Waals surface area (Å²) in [7, 11) is 1.79. The van der Waals surface area contributed by atoms with E-state index in [9.17, 15) is 4.79 Å². The molecule has 0 fully saturated rings. The molecule has 0 saturated heterocycles. The maximum atomic E-state index is 12.3. The van der Waals surface area contributed by atoms with Crippen LogP contribution in [0.2, 0.25) is 0 Å². The summed E-state index contributed by atoms with van der Waals surface area (Å²) < 4.78 is 7.19. The number of ether oxygens (including phenoxy) is 1. The van der Waals surface area contributed by atoms with E-state index in [-0.39, 0.29) is 5.78 Å². The Bertz CT molecular complexity index is 546. The van der Waals surface area contributed by atoms with Crippen LogP contribution in [0.25, 0.3) is 0 Å². The lowest BCUT2D eigenvalue weighted by Crippen LogP contribution is -2.07. The quantitative estimate of drug-likeness (QED) is 0.759. The Morgan fingerprint density at radius 1 is 1.33 bits per heavy atom. The van der Waals surface area contributed by atoms with Crippen LogP contribution in [0.5, 0.6) is 5.75 Å². The van der Waals surface area contributed by atoms with E-state index in [2.05, 4.69) is 5.10 Å². The maximum absolute atomic E-state index is 12.3. The molecule has 0 aliphatic rings. The Morgan fingerprint density at radius 3 is 2.78 bits per heavy atom. The Morgan fingerprint density at radius 2 is 2.11 bits per heavy atom. The average Bonchev–Trinajstić information content (AvgIpc) is 2.82. The monoisotopic (exact) mass is 244 g/mol. The minimum absolute atomic E-state index is 0.109. The summed E-state index contributed by atoms with van der Waals surface area (Å²) in [5.74, 6) is 0.511. The molecule has 0 aliphatic carbocycles. The van der Waals surface area contributed by atoms with E-state index >= 15 is 0 Å². The highest BCUT2D eigenvalue weighted by molar-refractivity contribution is 6.09. The van der Waals surface area contributed by atoms with Gasteiger partial charge < -0.3 is 4.74 Å². The van der Waals surface area contributed by atoms with Crippen LogP contribution in [0.3, 0.4) is 0 Å². The number of carbonyl (C=O) groups excluding carboxylic acids is 1. The zero-order valence-corrected chi connectivity index (χ0v) is 10.6. The van der Waals surface area contributed by atoms with Gasteiger partial charge >= 0.3 is 0 Å². The lowest BCUT2D eigenvalue weighted by atomic mass is 10.1. The third kappa shape index (κ3) is 2.59. The molecule has 0 saturated carbocycles. The number of aryl methyl sites for hydroxylation is 1. The van der Waals surface area contributed by atoms with Gasteiger partial charge in [0.25, 0.3) is 0 Å². The number of benzene rings is 1. The maximum Gasteiger partial charge on any atom is 0.216 e. The fraction of sp³-hybridized carbons (Fsp3) is 0.286. The zero-order valence-electron chi connectivity index (χ0n) is 10.6. The fourth-order valence-corrected chi connectivity index (χ4v) is 1.67. The SMILES string of the molecule is CCCOc1ccccc1C(=O)c1ccn(C)n1. The molecule has 2 rings (SSSR count). The summed E-state index contributed by atoms with van der Waals surface area (Å²) in [4.78, 5) is 12.3. The second kappa shape index (κ2) is 5.49. The first-order chi connectivity index (χ1) is 8.72. The van der Waals surface area contributed by atoms with Gasteiger partial charge in [-0.2, -0.15) is 5.10 Å². The van der Waals surface area contributed by atoms with E-state index in [4.69, 9.17) is 4.74 Å². The molecule has 18 heavy (non-hydrogen) atoms. The highest BCUT2D eigenvalue weighted by Crippen LogP contribution is 2.21. The van der Waals surface area contributed by atoms with Gasteiger partial charge in [0.15, 0.2) is 0 Å². The van der Waals surface area contributed by atoms with E-state index in [1.807, 2.05) is 25.1 Å². The lowest BCUT2D eigenvalue weighted by molar-refractivity contribution is 0.103. The zero-order chi connectivity index (χ0) is 13.0. The third-order valence-electron chi connectivity index (χ3n) is 2.54. The molecule has 2 aromatic rings. The van der Waals surface area contributed by atoms with Crippen molar-refractivity contribution in [1.82, 2.24) is 9.78 Å². The molecule has 0 aliphatic heterocycles.